The predicted octanol–water partition coefficient (Wildman–Crippen LogP) is 2.59. The van der Waals surface area contributed by atoms with Gasteiger partial charge in [0.1, 0.15) is 17.7 Å². The Morgan fingerprint density at radius 2 is 1.87 bits per heavy atom. The normalized spacial score (nSPS) is 18.1. The number of methoxy groups -OCH3 is 1. The molecule has 1 N–H and O–H groups in total. The fourth-order valence-electron chi connectivity index (χ4n) is 3.58. The van der Waals surface area contributed by atoms with Crippen molar-refractivity contribution in [3.05, 3.63) is 53.8 Å². The molecule has 0 aromatic heterocycles. The first kappa shape index (κ1) is 22.4. The van der Waals surface area contributed by atoms with Crippen molar-refractivity contribution in [3.8, 4) is 5.75 Å². The maximum absolute atomic E-state index is 14.8. The van der Waals surface area contributed by atoms with Crippen LogP contribution in [0, 0.1) is 5.82 Å². The monoisotopic (exact) mass is 431 g/mol. The molecular weight excluding hydrogens is 405 g/mol. The van der Waals surface area contributed by atoms with Crippen molar-refractivity contribution in [3.63, 3.8) is 0 Å². The molecule has 2 aliphatic heterocycles. The molecule has 2 aromatic rings. The van der Waals surface area contributed by atoms with E-state index in [2.05, 4.69) is 0 Å². The Balaban J connectivity index is 0.00000132. The molecule has 31 heavy (non-hydrogen) atoms. The van der Waals surface area contributed by atoms with E-state index in [4.69, 9.17) is 14.6 Å². The summed E-state index contributed by atoms with van der Waals surface area (Å²) in [5, 5.41) is 7.00. The first-order valence-electron chi connectivity index (χ1n) is 9.82. The van der Waals surface area contributed by atoms with E-state index in [9.17, 15) is 14.0 Å². The van der Waals surface area contributed by atoms with Gasteiger partial charge in [0.2, 0.25) is 5.91 Å². The van der Waals surface area contributed by atoms with Gasteiger partial charge in [0, 0.05) is 13.7 Å². The van der Waals surface area contributed by atoms with Crippen LogP contribution in [0.2, 0.25) is 0 Å². The number of carbonyl (C=O) groups excluding carboxylic acids is 2. The van der Waals surface area contributed by atoms with Crippen molar-refractivity contribution in [1.82, 2.24) is 4.90 Å². The Bertz CT molecular complexity index is 937. The molecule has 0 radical (unpaired) electrons. The lowest BCUT2D eigenvalue weighted by atomic mass is 10.2. The lowest BCUT2D eigenvalue weighted by Gasteiger charge is -2.21. The number of halogens is 1. The van der Waals surface area contributed by atoms with Gasteiger partial charge in [-0.3, -0.25) is 9.69 Å². The van der Waals surface area contributed by atoms with Gasteiger partial charge in [-0.05, 0) is 42.8 Å². The van der Waals surface area contributed by atoms with Crippen molar-refractivity contribution in [1.29, 1.82) is 0 Å². The van der Waals surface area contributed by atoms with Gasteiger partial charge in [-0.25, -0.2) is 9.18 Å². The van der Waals surface area contributed by atoms with E-state index in [0.717, 1.165) is 18.4 Å². The summed E-state index contributed by atoms with van der Waals surface area (Å²) in [6, 6.07) is 12.1. The zero-order chi connectivity index (χ0) is 22.5. The molecule has 0 aliphatic carbocycles. The maximum atomic E-state index is 14.8. The molecule has 4 rings (SSSR count). The number of hydrogen-bond acceptors (Lipinski definition) is 6. The molecule has 166 valence electrons. The number of aliphatic hydroxyl groups excluding tert-OH is 1. The van der Waals surface area contributed by atoms with Crippen molar-refractivity contribution in [2.24, 2.45) is 0 Å². The minimum atomic E-state index is -0.480. The van der Waals surface area contributed by atoms with Crippen LogP contribution >= 0.6 is 0 Å². The molecule has 2 saturated heterocycles. The second kappa shape index (κ2) is 9.65. The maximum Gasteiger partial charge on any atom is 0.414 e. The topological polar surface area (TPSA) is 82.6 Å². The fourth-order valence-corrected chi connectivity index (χ4v) is 3.58. The van der Waals surface area contributed by atoms with Crippen LogP contribution in [0.25, 0.3) is 0 Å². The van der Waals surface area contributed by atoms with Crippen LogP contribution in [-0.4, -0.2) is 62.1 Å². The minimum absolute atomic E-state index is 0.0683. The van der Waals surface area contributed by atoms with Gasteiger partial charge in [0.25, 0.3) is 0 Å². The summed E-state index contributed by atoms with van der Waals surface area (Å²) >= 11 is 0. The molecule has 0 spiro atoms. The van der Waals surface area contributed by atoms with E-state index >= 15 is 0 Å². The van der Waals surface area contributed by atoms with Crippen molar-refractivity contribution >= 4 is 23.4 Å². The zero-order valence-corrected chi connectivity index (χ0v) is 17.7. The number of cyclic esters (lactones) is 1. The highest BCUT2D eigenvalue weighted by Crippen LogP contribution is 2.29. The minimum Gasteiger partial charge on any atom is -0.497 e. The molecule has 9 heteroatoms. The summed E-state index contributed by atoms with van der Waals surface area (Å²) in [5.41, 5.74) is 1.75. The molecule has 2 heterocycles. The summed E-state index contributed by atoms with van der Waals surface area (Å²) in [4.78, 5) is 29.0. The first-order chi connectivity index (χ1) is 14.9. The highest BCUT2D eigenvalue weighted by atomic mass is 19.1. The molecule has 2 aliphatic rings. The standard InChI is InChI=1S/C21H22FN3O4.CH4O/c1-14-10-25(21(27)29-14)16-5-8-19(18(22)9-16)23-12-20(26)24(13-23)11-15-3-6-17(28-2)7-4-15;1-2/h3-9,14H,10-13H2,1-2H3;2H,1H3. The fraction of sp³-hybridized carbons (Fsp3) is 0.364. The largest absolute Gasteiger partial charge is 0.497 e. The van der Waals surface area contributed by atoms with E-state index in [0.29, 0.717) is 31.1 Å². The van der Waals surface area contributed by atoms with Crippen LogP contribution in [0.5, 0.6) is 5.75 Å². The van der Waals surface area contributed by atoms with Crippen LogP contribution in [0.1, 0.15) is 12.5 Å². The number of aliphatic hydroxyl groups is 1. The Kier molecular flexibility index (Phi) is 6.96. The number of benzene rings is 2. The lowest BCUT2D eigenvalue weighted by molar-refractivity contribution is -0.127. The molecule has 0 saturated carbocycles. The molecular formula is C22H26FN3O5. The number of rotatable bonds is 5. The number of ether oxygens (including phenoxy) is 2. The van der Waals surface area contributed by atoms with Crippen LogP contribution in [0.15, 0.2) is 42.5 Å². The van der Waals surface area contributed by atoms with Gasteiger partial charge in [0.05, 0.1) is 38.2 Å². The van der Waals surface area contributed by atoms with Gasteiger partial charge < -0.3 is 24.4 Å². The van der Waals surface area contributed by atoms with E-state index < -0.39 is 11.9 Å². The Labute approximate surface area is 180 Å². The van der Waals surface area contributed by atoms with Gasteiger partial charge in [-0.1, -0.05) is 12.1 Å². The Morgan fingerprint density at radius 3 is 2.45 bits per heavy atom. The summed E-state index contributed by atoms with van der Waals surface area (Å²) in [7, 11) is 2.60. The molecule has 8 nitrogen and oxygen atoms in total. The Hall–Kier alpha value is -3.33. The predicted molar refractivity (Wildman–Crippen MR) is 114 cm³/mol. The van der Waals surface area contributed by atoms with E-state index in [-0.39, 0.29) is 18.6 Å². The average molecular weight is 431 g/mol. The summed E-state index contributed by atoms with van der Waals surface area (Å²) in [5.74, 6) is 0.205. The quantitative estimate of drug-likeness (QED) is 0.784. The van der Waals surface area contributed by atoms with Crippen molar-refractivity contribution < 1.29 is 28.6 Å². The number of amides is 2. The smallest absolute Gasteiger partial charge is 0.414 e. The SMILES string of the molecule is CO.COc1ccc(CN2CN(c3ccc(N4CC(C)OC4=O)cc3F)CC2=O)cc1. The highest BCUT2D eigenvalue weighted by molar-refractivity contribution is 5.90. The molecule has 1 atom stereocenters. The summed E-state index contributed by atoms with van der Waals surface area (Å²) in [6.07, 6.45) is -0.709. The molecule has 2 amide bonds. The van der Waals surface area contributed by atoms with Crippen LogP contribution in [-0.2, 0) is 16.1 Å². The van der Waals surface area contributed by atoms with Crippen molar-refractivity contribution in [2.45, 2.75) is 19.6 Å². The zero-order valence-electron chi connectivity index (χ0n) is 17.7. The summed E-state index contributed by atoms with van der Waals surface area (Å²) in [6.45, 7) is 3.01. The van der Waals surface area contributed by atoms with Crippen LogP contribution in [0.4, 0.5) is 20.6 Å². The second-order valence-corrected chi connectivity index (χ2v) is 7.22. The molecule has 0 bridgehead atoms. The lowest BCUT2D eigenvalue weighted by Crippen LogP contribution is -2.27. The number of hydrogen-bond donors (Lipinski definition) is 1. The average Bonchev–Trinajstić information content (AvgIpc) is 3.30. The number of anilines is 2. The van der Waals surface area contributed by atoms with Crippen LogP contribution in [0.3, 0.4) is 0 Å². The molecule has 2 aromatic carbocycles. The van der Waals surface area contributed by atoms with E-state index in [1.54, 1.807) is 36.0 Å². The third kappa shape index (κ3) is 4.88. The summed E-state index contributed by atoms with van der Waals surface area (Å²) < 4.78 is 25.0. The third-order valence-corrected chi connectivity index (χ3v) is 5.10. The third-order valence-electron chi connectivity index (χ3n) is 5.10. The van der Waals surface area contributed by atoms with Gasteiger partial charge in [0.15, 0.2) is 0 Å². The first-order valence-corrected chi connectivity index (χ1v) is 9.82. The molecule has 1 unspecified atom stereocenters. The second-order valence-electron chi connectivity index (χ2n) is 7.22. The van der Waals surface area contributed by atoms with E-state index in [1.807, 2.05) is 24.3 Å². The Morgan fingerprint density at radius 1 is 1.16 bits per heavy atom. The van der Waals surface area contributed by atoms with Crippen molar-refractivity contribution in [2.75, 3.05) is 43.8 Å². The number of nitrogens with zero attached hydrogens (tertiary/aromatic N) is 3. The highest BCUT2D eigenvalue weighted by Gasteiger charge is 2.32. The van der Waals surface area contributed by atoms with Gasteiger partial charge in [-0.2, -0.15) is 0 Å². The molecule has 2 fully saturated rings. The van der Waals surface area contributed by atoms with Gasteiger partial charge >= 0.3 is 6.09 Å². The van der Waals surface area contributed by atoms with E-state index in [1.165, 1.54) is 11.0 Å². The van der Waals surface area contributed by atoms with Crippen LogP contribution < -0.4 is 14.5 Å². The van der Waals surface area contributed by atoms with Gasteiger partial charge in [-0.15, -0.1) is 0 Å². The number of carbonyl (C=O) groups is 2.